The Morgan fingerprint density at radius 1 is 1.12 bits per heavy atom. The molecule has 0 saturated carbocycles. The standard InChI is InChI=1S/C21H27NO3/c23-14-16-9-10-17-5-4-6-19(12-18(17)11-16)22-13-20(24)15-25-21-7-2-1-3-8-21/h1-3,7-11,19-20,22-24H,4-6,12-15H2/t19?,20-/m0/s1. The Hall–Kier alpha value is -1.88. The van der Waals surface area contributed by atoms with E-state index in [1.165, 1.54) is 11.1 Å². The summed E-state index contributed by atoms with van der Waals surface area (Å²) in [7, 11) is 0. The third-order valence-electron chi connectivity index (χ3n) is 4.75. The number of aliphatic hydroxyl groups excluding tert-OH is 2. The lowest BCUT2D eigenvalue weighted by atomic mass is 9.99. The van der Waals surface area contributed by atoms with Crippen LogP contribution in [-0.4, -0.2) is 35.5 Å². The SMILES string of the molecule is OCc1ccc2c(c1)CC(NC[C@H](O)COc1ccccc1)CCC2. The Bertz CT molecular complexity index is 659. The fourth-order valence-electron chi connectivity index (χ4n) is 3.36. The Morgan fingerprint density at radius 3 is 2.76 bits per heavy atom. The number of aryl methyl sites for hydroxylation is 1. The molecule has 0 aromatic heterocycles. The van der Waals surface area contributed by atoms with Gasteiger partial charge in [-0.1, -0.05) is 36.4 Å². The molecule has 1 aliphatic rings. The smallest absolute Gasteiger partial charge is 0.119 e. The molecule has 3 rings (SSSR count). The summed E-state index contributed by atoms with van der Waals surface area (Å²) in [5.41, 5.74) is 3.67. The number of fused-ring (bicyclic) bond motifs is 1. The van der Waals surface area contributed by atoms with Crippen LogP contribution in [0.1, 0.15) is 29.5 Å². The first-order chi connectivity index (χ1) is 12.2. The van der Waals surface area contributed by atoms with Crippen LogP contribution in [0.25, 0.3) is 0 Å². The van der Waals surface area contributed by atoms with Crippen LogP contribution in [-0.2, 0) is 19.4 Å². The van der Waals surface area contributed by atoms with Crippen molar-refractivity contribution in [2.75, 3.05) is 13.2 Å². The second kappa shape index (κ2) is 8.99. The average molecular weight is 341 g/mol. The summed E-state index contributed by atoms with van der Waals surface area (Å²) in [5, 5.41) is 23.0. The predicted molar refractivity (Wildman–Crippen MR) is 98.7 cm³/mol. The molecule has 1 unspecified atom stereocenters. The summed E-state index contributed by atoms with van der Waals surface area (Å²) in [6.07, 6.45) is 3.72. The summed E-state index contributed by atoms with van der Waals surface area (Å²) >= 11 is 0. The largest absolute Gasteiger partial charge is 0.491 e. The van der Waals surface area contributed by atoms with Crippen LogP contribution >= 0.6 is 0 Å². The van der Waals surface area contributed by atoms with Crippen molar-refractivity contribution in [3.63, 3.8) is 0 Å². The minimum absolute atomic E-state index is 0.0842. The van der Waals surface area contributed by atoms with Gasteiger partial charge in [-0.3, -0.25) is 0 Å². The zero-order chi connectivity index (χ0) is 17.5. The Balaban J connectivity index is 1.49. The molecule has 0 radical (unpaired) electrons. The van der Waals surface area contributed by atoms with Gasteiger partial charge in [0.1, 0.15) is 18.5 Å². The zero-order valence-electron chi connectivity index (χ0n) is 14.5. The number of para-hydroxylation sites is 1. The summed E-state index contributed by atoms with van der Waals surface area (Å²) in [4.78, 5) is 0. The summed E-state index contributed by atoms with van der Waals surface area (Å²) in [6.45, 7) is 0.891. The van der Waals surface area contributed by atoms with Gasteiger partial charge in [0.2, 0.25) is 0 Å². The van der Waals surface area contributed by atoms with Crippen LogP contribution < -0.4 is 10.1 Å². The molecule has 0 fully saturated rings. The van der Waals surface area contributed by atoms with Crippen LogP contribution in [0.3, 0.4) is 0 Å². The molecule has 0 heterocycles. The number of nitrogens with one attached hydrogen (secondary N) is 1. The van der Waals surface area contributed by atoms with Crippen LogP contribution in [0.5, 0.6) is 5.75 Å². The molecular formula is C21H27NO3. The van der Waals surface area contributed by atoms with E-state index in [1.807, 2.05) is 36.4 Å². The van der Waals surface area contributed by atoms with Gasteiger partial charge in [-0.25, -0.2) is 0 Å². The molecule has 4 nitrogen and oxygen atoms in total. The Labute approximate surface area is 149 Å². The first-order valence-corrected chi connectivity index (χ1v) is 9.05. The quantitative estimate of drug-likeness (QED) is 0.677. The zero-order valence-corrected chi connectivity index (χ0v) is 14.5. The molecule has 2 aromatic carbocycles. The monoisotopic (exact) mass is 341 g/mol. The molecular weight excluding hydrogens is 314 g/mol. The van der Waals surface area contributed by atoms with Crippen LogP contribution in [0.2, 0.25) is 0 Å². The van der Waals surface area contributed by atoms with Gasteiger partial charge in [0, 0.05) is 12.6 Å². The highest BCUT2D eigenvalue weighted by Crippen LogP contribution is 2.22. The van der Waals surface area contributed by atoms with E-state index in [9.17, 15) is 10.2 Å². The summed E-state index contributed by atoms with van der Waals surface area (Å²) in [5.74, 6) is 0.779. The van der Waals surface area contributed by atoms with Gasteiger partial charge in [-0.05, 0) is 54.5 Å². The van der Waals surface area contributed by atoms with Crippen molar-refractivity contribution in [2.24, 2.45) is 0 Å². The van der Waals surface area contributed by atoms with Gasteiger partial charge in [0.15, 0.2) is 0 Å². The van der Waals surface area contributed by atoms with E-state index in [2.05, 4.69) is 17.4 Å². The number of rotatable bonds is 7. The molecule has 3 N–H and O–H groups in total. The molecule has 0 spiro atoms. The topological polar surface area (TPSA) is 61.7 Å². The van der Waals surface area contributed by atoms with Gasteiger partial charge in [-0.2, -0.15) is 0 Å². The third-order valence-corrected chi connectivity index (χ3v) is 4.75. The number of benzene rings is 2. The van der Waals surface area contributed by atoms with Crippen molar-refractivity contribution in [2.45, 2.75) is 44.4 Å². The van der Waals surface area contributed by atoms with E-state index in [-0.39, 0.29) is 13.2 Å². The van der Waals surface area contributed by atoms with Crippen molar-refractivity contribution in [1.82, 2.24) is 5.32 Å². The van der Waals surface area contributed by atoms with Crippen molar-refractivity contribution in [3.8, 4) is 5.75 Å². The molecule has 134 valence electrons. The maximum atomic E-state index is 10.2. The van der Waals surface area contributed by atoms with E-state index < -0.39 is 6.10 Å². The van der Waals surface area contributed by atoms with E-state index in [4.69, 9.17) is 4.74 Å². The molecule has 2 atom stereocenters. The number of hydrogen-bond donors (Lipinski definition) is 3. The fraction of sp³-hybridized carbons (Fsp3) is 0.429. The summed E-state index contributed by atoms with van der Waals surface area (Å²) in [6, 6.07) is 16.2. The number of hydrogen-bond acceptors (Lipinski definition) is 4. The van der Waals surface area contributed by atoms with E-state index >= 15 is 0 Å². The lowest BCUT2D eigenvalue weighted by molar-refractivity contribution is 0.103. The van der Waals surface area contributed by atoms with Crippen molar-refractivity contribution < 1.29 is 14.9 Å². The maximum absolute atomic E-state index is 10.2. The van der Waals surface area contributed by atoms with Gasteiger partial charge >= 0.3 is 0 Å². The van der Waals surface area contributed by atoms with Gasteiger partial charge in [0.05, 0.1) is 6.61 Å². The highest BCUT2D eigenvalue weighted by molar-refractivity contribution is 5.33. The molecule has 25 heavy (non-hydrogen) atoms. The fourth-order valence-corrected chi connectivity index (χ4v) is 3.36. The third kappa shape index (κ3) is 5.30. The van der Waals surface area contributed by atoms with Crippen LogP contribution in [0, 0.1) is 0 Å². The normalized spacial score (nSPS) is 18.2. The van der Waals surface area contributed by atoms with Crippen molar-refractivity contribution in [3.05, 3.63) is 65.2 Å². The molecule has 4 heteroatoms. The first-order valence-electron chi connectivity index (χ1n) is 9.05. The minimum atomic E-state index is -0.535. The van der Waals surface area contributed by atoms with Gasteiger partial charge in [-0.15, -0.1) is 0 Å². The molecule has 0 saturated heterocycles. The second-order valence-electron chi connectivity index (χ2n) is 6.74. The lowest BCUT2D eigenvalue weighted by Gasteiger charge is -2.20. The maximum Gasteiger partial charge on any atom is 0.119 e. The number of ether oxygens (including phenoxy) is 1. The average Bonchev–Trinajstić information content (AvgIpc) is 2.86. The van der Waals surface area contributed by atoms with E-state index in [0.29, 0.717) is 12.6 Å². The predicted octanol–water partition coefficient (Wildman–Crippen LogP) is 2.46. The van der Waals surface area contributed by atoms with Crippen LogP contribution in [0.15, 0.2) is 48.5 Å². The van der Waals surface area contributed by atoms with E-state index in [1.54, 1.807) is 0 Å². The molecule has 0 amide bonds. The minimum Gasteiger partial charge on any atom is -0.491 e. The van der Waals surface area contributed by atoms with Crippen molar-refractivity contribution >= 4 is 0 Å². The highest BCUT2D eigenvalue weighted by Gasteiger charge is 2.18. The van der Waals surface area contributed by atoms with Crippen molar-refractivity contribution in [1.29, 1.82) is 0 Å². The number of aliphatic hydroxyl groups is 2. The Morgan fingerprint density at radius 2 is 1.96 bits per heavy atom. The van der Waals surface area contributed by atoms with Gasteiger partial charge < -0.3 is 20.3 Å². The molecule has 2 aromatic rings. The van der Waals surface area contributed by atoms with E-state index in [0.717, 1.165) is 37.0 Å². The lowest BCUT2D eigenvalue weighted by Crippen LogP contribution is -2.39. The van der Waals surface area contributed by atoms with Gasteiger partial charge in [0.25, 0.3) is 0 Å². The highest BCUT2D eigenvalue weighted by atomic mass is 16.5. The second-order valence-corrected chi connectivity index (χ2v) is 6.74. The van der Waals surface area contributed by atoms with Crippen LogP contribution in [0.4, 0.5) is 0 Å². The first kappa shape index (κ1) is 17.9. The Kier molecular flexibility index (Phi) is 6.45. The molecule has 0 bridgehead atoms. The summed E-state index contributed by atoms with van der Waals surface area (Å²) < 4.78 is 5.60. The molecule has 0 aliphatic heterocycles. The molecule has 1 aliphatic carbocycles.